The Hall–Kier alpha value is -8.79. The van der Waals surface area contributed by atoms with Gasteiger partial charge in [0, 0.05) is 81.1 Å². The molecule has 2 aliphatic heterocycles. The molecule has 2 fully saturated rings. The average Bonchev–Trinajstić information content (AvgIpc) is 1.02. The lowest BCUT2D eigenvalue weighted by atomic mass is 9.85. The third kappa shape index (κ3) is 15.2. The number of aliphatic hydroxyl groups is 2. The summed E-state index contributed by atoms with van der Waals surface area (Å²) in [6.07, 6.45) is -1.45. The zero-order chi connectivity index (χ0) is 68.3. The van der Waals surface area contributed by atoms with Crippen molar-refractivity contribution in [2.75, 3.05) is 26.3 Å². The number of nitrogens with two attached hydrogens (primary N) is 1. The number of carboxylic acid groups (broad SMARTS) is 2. The Morgan fingerprint density at radius 3 is 2.08 bits per heavy atom. The second-order valence-corrected chi connectivity index (χ2v) is 29.5. The van der Waals surface area contributed by atoms with E-state index >= 15 is 4.79 Å². The van der Waals surface area contributed by atoms with Crippen LogP contribution in [0.5, 0.6) is 0 Å². The highest BCUT2D eigenvalue weighted by Gasteiger charge is 2.46. The van der Waals surface area contributed by atoms with E-state index in [2.05, 4.69) is 10.6 Å². The number of hydrogen-bond donors (Lipinski definition) is 7. The number of rotatable bonds is 15. The van der Waals surface area contributed by atoms with E-state index < -0.39 is 108 Å². The second kappa shape index (κ2) is 29.5. The molecule has 97 heavy (non-hydrogen) atoms. The molecule has 502 valence electrons. The fourth-order valence-corrected chi connectivity index (χ4v) is 17.6. The summed E-state index contributed by atoms with van der Waals surface area (Å²) in [4.78, 5) is 147. The van der Waals surface area contributed by atoms with Crippen molar-refractivity contribution in [1.29, 1.82) is 0 Å². The van der Waals surface area contributed by atoms with E-state index in [1.807, 2.05) is 38.1 Å². The summed E-state index contributed by atoms with van der Waals surface area (Å²) in [5.74, 6) is -7.77. The molecule has 31 heteroatoms. The van der Waals surface area contributed by atoms with Crippen molar-refractivity contribution in [3.05, 3.63) is 153 Å². The fourth-order valence-electron chi connectivity index (χ4n) is 12.2. The van der Waals surface area contributed by atoms with Crippen LogP contribution in [-0.2, 0) is 30.3 Å². The normalized spacial score (nSPS) is 21.1. The molecule has 9 heterocycles. The summed E-state index contributed by atoms with van der Waals surface area (Å²) in [6.45, 7) is 4.74. The van der Waals surface area contributed by atoms with Crippen LogP contribution in [0.4, 0.5) is 0 Å². The standard InChI is InChI=1S/C66H64N12O13S6/c1-31-9-11-34(12-10-31)21-42-64(87)78-24-49(80)32(2)54(78)63-74-46(29-96-63)61-71-43(26-94-61)53-38(17-18-40(68-53)60-75-47(30-95-60)65(88)77(19-20-91-25-51(82)83)37-15-13-36(14-16-37)66(89)90)58-72-44(27-92-58)56(85)69-41(23-50(67)81)62-76-52(33(3)97-62)48(79)22-39(55(84)35-7-5-4-6-8-35)59-73-45(28-93-59)57(86)70-42/h4-12,17-18,26-30,32,36-37,39,41-42,49,54-55,80,84H,13-16,19-25H2,1-3H3,(H2,67,81)(H,69,85)(H,70,86)(H,82,83)(H,89,90)/t32-,36?,37?,39-,41-,42-,49-,54-,55+/m0/s1. The molecule has 0 unspecified atom stereocenters. The molecule has 5 amide bonds. The number of carbonyl (C=O) groups is 8. The van der Waals surface area contributed by atoms with Crippen molar-refractivity contribution in [2.24, 2.45) is 17.6 Å². The number of Topliss-reactive ketones (excluding diaryl/α,β-unsaturated/α-hetero) is 1. The van der Waals surface area contributed by atoms with Gasteiger partial charge >= 0.3 is 11.9 Å². The van der Waals surface area contributed by atoms with Crippen LogP contribution in [0.2, 0.25) is 0 Å². The van der Waals surface area contributed by atoms with Gasteiger partial charge in [-0.1, -0.05) is 67.1 Å². The first-order chi connectivity index (χ1) is 46.6. The average molecular weight is 1430 g/mol. The smallest absolute Gasteiger partial charge is 0.329 e. The van der Waals surface area contributed by atoms with E-state index in [0.717, 1.165) is 56.5 Å². The number of carbonyl (C=O) groups excluding carboxylic acids is 6. The van der Waals surface area contributed by atoms with Gasteiger partial charge in [-0.15, -0.1) is 68.0 Å². The topological polar surface area (TPSA) is 373 Å². The van der Waals surface area contributed by atoms with E-state index in [4.69, 9.17) is 45.4 Å². The number of aromatic nitrogens is 7. The van der Waals surface area contributed by atoms with Crippen molar-refractivity contribution in [3.8, 4) is 43.4 Å². The maximum Gasteiger partial charge on any atom is 0.329 e. The molecule has 7 atom stereocenters. The van der Waals surface area contributed by atoms with Gasteiger partial charge < -0.3 is 51.3 Å². The van der Waals surface area contributed by atoms with Crippen LogP contribution in [0.3, 0.4) is 0 Å². The predicted octanol–water partition coefficient (Wildman–Crippen LogP) is 8.96. The van der Waals surface area contributed by atoms with Crippen LogP contribution in [-0.4, -0.2) is 157 Å². The van der Waals surface area contributed by atoms with Gasteiger partial charge in [0.25, 0.3) is 17.7 Å². The van der Waals surface area contributed by atoms with E-state index in [9.17, 15) is 54.0 Å². The Morgan fingerprint density at radius 1 is 0.701 bits per heavy atom. The first-order valence-corrected chi connectivity index (χ1v) is 36.2. The summed E-state index contributed by atoms with van der Waals surface area (Å²) in [5.41, 5.74) is 9.89. The molecule has 10 bridgehead atoms. The number of pyridine rings is 1. The molecule has 1 saturated carbocycles. The Balaban J connectivity index is 0.930. The van der Waals surface area contributed by atoms with Crippen LogP contribution in [0.15, 0.2) is 93.6 Å². The summed E-state index contributed by atoms with van der Waals surface area (Å²) >= 11 is 6.95. The minimum absolute atomic E-state index is 0.0161. The summed E-state index contributed by atoms with van der Waals surface area (Å²) < 4.78 is 5.34. The molecule has 0 radical (unpaired) electrons. The number of nitrogens with one attached hydrogen (secondary N) is 2. The summed E-state index contributed by atoms with van der Waals surface area (Å²) in [5, 5.41) is 58.8. The Kier molecular flexibility index (Phi) is 20.7. The highest BCUT2D eigenvalue weighted by Crippen LogP contribution is 2.44. The number of primary amides is 1. The molecule has 8 N–H and O–H groups in total. The number of ketones is 1. The van der Waals surface area contributed by atoms with E-state index in [-0.39, 0.29) is 71.4 Å². The van der Waals surface area contributed by atoms with Gasteiger partial charge in [0.05, 0.1) is 53.9 Å². The summed E-state index contributed by atoms with van der Waals surface area (Å²) in [7, 11) is 0. The van der Waals surface area contributed by atoms with Gasteiger partial charge in [-0.3, -0.25) is 33.6 Å². The van der Waals surface area contributed by atoms with Gasteiger partial charge in [-0.05, 0) is 62.8 Å². The van der Waals surface area contributed by atoms with Crippen LogP contribution in [0.25, 0.3) is 43.4 Å². The number of aliphatic hydroxyl groups excluding tert-OH is 2. The number of nitrogens with zero attached hydrogens (tertiary/aromatic N) is 9. The van der Waals surface area contributed by atoms with Gasteiger partial charge in [-0.25, -0.2) is 39.7 Å². The second-order valence-electron chi connectivity index (χ2n) is 24.0. The maximum atomic E-state index is 15.3. The number of hydrogen-bond acceptors (Lipinski definition) is 24. The highest BCUT2D eigenvalue weighted by molar-refractivity contribution is 7.15. The van der Waals surface area contributed by atoms with Gasteiger partial charge in [0.2, 0.25) is 11.8 Å². The number of thiazole rings is 6. The van der Waals surface area contributed by atoms with Crippen LogP contribution in [0, 0.1) is 25.7 Å². The Bertz CT molecular complexity index is 4440. The molecule has 1 saturated heterocycles. The third-order valence-corrected chi connectivity index (χ3v) is 22.9. The molecule has 12 rings (SSSR count). The van der Waals surface area contributed by atoms with Crippen molar-refractivity contribution < 1.29 is 63.5 Å². The van der Waals surface area contributed by atoms with E-state index in [0.29, 0.717) is 84.5 Å². The molecular weight excluding hydrogens is 1360 g/mol. The molecule has 7 aromatic heterocycles. The van der Waals surface area contributed by atoms with Gasteiger partial charge in [0.15, 0.2) is 5.78 Å². The monoisotopic (exact) mass is 1420 g/mol. The summed E-state index contributed by atoms with van der Waals surface area (Å²) in [6, 6.07) is 16.3. The lowest BCUT2D eigenvalue weighted by Crippen LogP contribution is -2.50. The van der Waals surface area contributed by atoms with E-state index in [1.165, 1.54) is 33.4 Å². The quantitative estimate of drug-likeness (QED) is 0.0471. The molecule has 0 spiro atoms. The lowest BCUT2D eigenvalue weighted by molar-refractivity contribution is -0.143. The molecule has 2 aromatic carbocycles. The van der Waals surface area contributed by atoms with Crippen LogP contribution in [0.1, 0.15) is 148 Å². The largest absolute Gasteiger partial charge is 0.481 e. The minimum Gasteiger partial charge on any atom is -0.481 e. The number of aliphatic carboxylic acids is 2. The zero-order valence-electron chi connectivity index (χ0n) is 52.2. The number of carboxylic acids is 2. The van der Waals surface area contributed by atoms with Crippen molar-refractivity contribution in [1.82, 2.24) is 55.3 Å². The van der Waals surface area contributed by atoms with Crippen molar-refractivity contribution >= 4 is 115 Å². The highest BCUT2D eigenvalue weighted by atomic mass is 32.1. The lowest BCUT2D eigenvalue weighted by Gasteiger charge is -2.35. The van der Waals surface area contributed by atoms with E-state index in [1.54, 1.807) is 75.3 Å². The van der Waals surface area contributed by atoms with Gasteiger partial charge in [0.1, 0.15) is 77.5 Å². The van der Waals surface area contributed by atoms with Crippen LogP contribution >= 0.6 is 68.0 Å². The fraction of sp³-hybridized carbons (Fsp3) is 0.348. The first-order valence-electron chi connectivity index (χ1n) is 30.9. The molecule has 3 aliphatic rings. The molecule has 25 nitrogen and oxygen atoms in total. The van der Waals surface area contributed by atoms with Crippen LogP contribution < -0.4 is 16.4 Å². The number of amides is 5. The number of fused-ring (bicyclic) bond motifs is 16. The minimum atomic E-state index is -1.30. The molecular formula is C66H64N12O13S6. The number of aryl methyl sites for hydroxylation is 2. The zero-order valence-corrected chi connectivity index (χ0v) is 57.1. The number of ether oxygens (including phenoxy) is 1. The van der Waals surface area contributed by atoms with Gasteiger partial charge in [-0.2, -0.15) is 0 Å². The molecule has 1 aliphatic carbocycles. The third-order valence-electron chi connectivity index (χ3n) is 17.4. The maximum absolute atomic E-state index is 15.3. The Labute approximate surface area is 578 Å². The number of benzene rings is 2. The predicted molar refractivity (Wildman–Crippen MR) is 363 cm³/mol. The van der Waals surface area contributed by atoms with Crippen molar-refractivity contribution in [2.45, 2.75) is 108 Å². The SMILES string of the molecule is Cc1ccc(C[C@@H]2NC(=O)c3csc(n3)[C@H]([C@H](O)c3ccccc3)CC(=O)c3nc(sc3C)[C@H](CC(N)=O)NC(=O)c3csc(n3)-c3ccc(-c4nc(C(=O)N(CCOCC(=O)O)C5CCC(C(=O)O)CC5)cs4)nc3-c3csc(n3)-c3csc(n3)[C@@H]3[C@@H](C)[C@@H](O)CN3C2=O)cc1. The Morgan fingerprint density at radius 2 is 1.35 bits per heavy atom. The first kappa shape index (κ1) is 68.2. The molecule has 9 aromatic rings. The van der Waals surface area contributed by atoms with Crippen molar-refractivity contribution in [3.63, 3.8) is 0 Å².